The van der Waals surface area contributed by atoms with Crippen molar-refractivity contribution in [2.45, 2.75) is 32.2 Å². The van der Waals surface area contributed by atoms with Crippen LogP contribution < -0.4 is 15.1 Å². The van der Waals surface area contributed by atoms with Gasteiger partial charge in [-0.25, -0.2) is 0 Å². The van der Waals surface area contributed by atoms with Crippen LogP contribution in [-0.4, -0.2) is 41.6 Å². The number of furan rings is 1. The molecular formula is C17H21N5O3S. The molecule has 0 radical (unpaired) electrons. The molecule has 1 N–H and O–H groups in total. The Morgan fingerprint density at radius 1 is 1.31 bits per heavy atom. The van der Waals surface area contributed by atoms with Crippen LogP contribution in [0.3, 0.4) is 0 Å². The molecule has 4 heterocycles. The molecule has 2 fully saturated rings. The summed E-state index contributed by atoms with van der Waals surface area (Å²) in [4.78, 5) is 28.1. The lowest BCUT2D eigenvalue weighted by molar-refractivity contribution is -0.125. The third-order valence-electron chi connectivity index (χ3n) is 4.79. The molecule has 26 heavy (non-hydrogen) atoms. The van der Waals surface area contributed by atoms with Crippen LogP contribution in [0.1, 0.15) is 31.4 Å². The Balaban J connectivity index is 1.36. The smallest absolute Gasteiger partial charge is 0.228 e. The van der Waals surface area contributed by atoms with E-state index in [1.54, 1.807) is 11.2 Å². The van der Waals surface area contributed by atoms with E-state index in [0.717, 1.165) is 36.7 Å². The lowest BCUT2D eigenvalue weighted by Gasteiger charge is -2.31. The van der Waals surface area contributed by atoms with Gasteiger partial charge in [-0.05, 0) is 31.4 Å². The third kappa shape index (κ3) is 3.57. The number of nitrogens with one attached hydrogen (secondary N) is 1. The number of nitrogens with zero attached hydrogens (tertiary/aromatic N) is 4. The number of hydrogen-bond donors (Lipinski definition) is 1. The molecule has 0 saturated carbocycles. The highest BCUT2D eigenvalue weighted by Crippen LogP contribution is 2.32. The summed E-state index contributed by atoms with van der Waals surface area (Å²) in [5, 5.41) is 12.8. The van der Waals surface area contributed by atoms with Gasteiger partial charge in [-0.3, -0.25) is 14.5 Å². The second-order valence-electron chi connectivity index (χ2n) is 6.60. The number of rotatable bonds is 5. The number of aromatic nitrogens is 2. The molecule has 2 amide bonds. The highest BCUT2D eigenvalue weighted by atomic mass is 32.1. The molecule has 2 saturated heterocycles. The fraction of sp³-hybridized carbons (Fsp3) is 0.529. The largest absolute Gasteiger partial charge is 0.467 e. The molecule has 2 aliphatic rings. The average Bonchev–Trinajstić information content (AvgIpc) is 3.41. The molecule has 0 aliphatic carbocycles. The maximum absolute atomic E-state index is 12.5. The number of piperidine rings is 1. The van der Waals surface area contributed by atoms with Crippen LogP contribution in [0.4, 0.5) is 10.3 Å². The van der Waals surface area contributed by atoms with Gasteiger partial charge in [-0.15, -0.1) is 10.2 Å². The van der Waals surface area contributed by atoms with Crippen LogP contribution in [0.25, 0.3) is 0 Å². The van der Waals surface area contributed by atoms with Crippen molar-refractivity contribution < 1.29 is 14.0 Å². The lowest BCUT2D eigenvalue weighted by Crippen LogP contribution is -2.42. The van der Waals surface area contributed by atoms with E-state index >= 15 is 0 Å². The van der Waals surface area contributed by atoms with Crippen LogP contribution in [0.2, 0.25) is 0 Å². The summed E-state index contributed by atoms with van der Waals surface area (Å²) in [5.74, 6) is 0.807. The van der Waals surface area contributed by atoms with Crippen molar-refractivity contribution in [1.82, 2.24) is 15.5 Å². The molecule has 9 heteroatoms. The van der Waals surface area contributed by atoms with Crippen LogP contribution in [0.5, 0.6) is 0 Å². The van der Waals surface area contributed by atoms with Gasteiger partial charge < -0.3 is 14.6 Å². The van der Waals surface area contributed by atoms with E-state index in [1.807, 2.05) is 12.1 Å². The quantitative estimate of drug-likeness (QED) is 0.857. The zero-order chi connectivity index (χ0) is 17.9. The normalized spacial score (nSPS) is 20.6. The molecule has 138 valence electrons. The van der Waals surface area contributed by atoms with Gasteiger partial charge in [-0.2, -0.15) is 0 Å². The zero-order valence-electron chi connectivity index (χ0n) is 14.4. The summed E-state index contributed by atoms with van der Waals surface area (Å²) < 4.78 is 5.25. The Bertz CT molecular complexity index is 775. The summed E-state index contributed by atoms with van der Waals surface area (Å²) in [7, 11) is 0. The molecule has 8 nitrogen and oxygen atoms in total. The van der Waals surface area contributed by atoms with E-state index < -0.39 is 0 Å². The van der Waals surface area contributed by atoms with Crippen LogP contribution in [-0.2, 0) is 16.1 Å². The first-order valence-electron chi connectivity index (χ1n) is 8.89. The number of amides is 2. The molecule has 2 aliphatic heterocycles. The predicted octanol–water partition coefficient (Wildman–Crippen LogP) is 1.79. The molecule has 2 aromatic rings. The first kappa shape index (κ1) is 17.0. The Kier molecular flexibility index (Phi) is 4.87. The predicted molar refractivity (Wildman–Crippen MR) is 97.0 cm³/mol. The fourth-order valence-corrected chi connectivity index (χ4v) is 4.32. The molecule has 4 rings (SSSR count). The molecule has 2 aromatic heterocycles. The number of carbonyl (C=O) groups excluding carboxylic acids is 2. The third-order valence-corrected chi connectivity index (χ3v) is 5.79. The second-order valence-corrected chi connectivity index (χ2v) is 7.53. The molecule has 1 atom stereocenters. The van der Waals surface area contributed by atoms with E-state index in [-0.39, 0.29) is 17.7 Å². The minimum atomic E-state index is -0.0838. The highest BCUT2D eigenvalue weighted by molar-refractivity contribution is 7.19. The maximum Gasteiger partial charge on any atom is 0.228 e. The minimum absolute atomic E-state index is 0.0329. The summed E-state index contributed by atoms with van der Waals surface area (Å²) in [6.07, 6.45) is 4.83. The number of carbonyl (C=O) groups is 2. The van der Waals surface area contributed by atoms with Crippen molar-refractivity contribution >= 4 is 33.4 Å². The second kappa shape index (κ2) is 7.45. The molecular weight excluding hydrogens is 354 g/mol. The van der Waals surface area contributed by atoms with Gasteiger partial charge in [0.25, 0.3) is 0 Å². The van der Waals surface area contributed by atoms with Gasteiger partial charge in [0.15, 0.2) is 0 Å². The standard InChI is InChI=1S/C17H21N5O3S/c23-14-6-2-8-22(14)17-20-19-16(26-17)21-7-1-4-12(11-21)15(24)18-10-13-5-3-9-25-13/h3,5,9,12H,1-2,4,6-8,10-11H2,(H,18,24). The van der Waals surface area contributed by atoms with E-state index in [1.165, 1.54) is 11.3 Å². The van der Waals surface area contributed by atoms with Crippen molar-refractivity contribution in [2.75, 3.05) is 29.4 Å². The van der Waals surface area contributed by atoms with Crippen molar-refractivity contribution in [3.63, 3.8) is 0 Å². The SMILES string of the molecule is O=C(NCc1ccco1)C1CCCN(c2nnc(N3CCCC3=O)s2)C1. The highest BCUT2D eigenvalue weighted by Gasteiger charge is 2.30. The maximum atomic E-state index is 12.5. The van der Waals surface area contributed by atoms with E-state index in [2.05, 4.69) is 20.4 Å². The van der Waals surface area contributed by atoms with Crippen LogP contribution in [0, 0.1) is 5.92 Å². The summed E-state index contributed by atoms with van der Waals surface area (Å²) in [6.45, 7) is 2.59. The van der Waals surface area contributed by atoms with E-state index in [4.69, 9.17) is 4.42 Å². The van der Waals surface area contributed by atoms with E-state index in [0.29, 0.717) is 31.2 Å². The topological polar surface area (TPSA) is 91.6 Å². The van der Waals surface area contributed by atoms with Crippen molar-refractivity contribution in [1.29, 1.82) is 0 Å². The van der Waals surface area contributed by atoms with Crippen molar-refractivity contribution in [3.8, 4) is 0 Å². The number of anilines is 2. The van der Waals surface area contributed by atoms with Gasteiger partial charge in [0.1, 0.15) is 5.76 Å². The Hall–Kier alpha value is -2.42. The van der Waals surface area contributed by atoms with Crippen molar-refractivity contribution in [2.24, 2.45) is 5.92 Å². The fourth-order valence-electron chi connectivity index (χ4n) is 3.39. The first-order valence-corrected chi connectivity index (χ1v) is 9.71. The van der Waals surface area contributed by atoms with Gasteiger partial charge >= 0.3 is 0 Å². The van der Waals surface area contributed by atoms with Crippen LogP contribution in [0.15, 0.2) is 22.8 Å². The van der Waals surface area contributed by atoms with Gasteiger partial charge in [-0.1, -0.05) is 11.3 Å². The summed E-state index contributed by atoms with van der Waals surface area (Å²) in [6, 6.07) is 3.65. The summed E-state index contributed by atoms with van der Waals surface area (Å²) >= 11 is 1.43. The molecule has 0 aromatic carbocycles. The first-order chi connectivity index (χ1) is 12.7. The summed E-state index contributed by atoms with van der Waals surface area (Å²) in [5.41, 5.74) is 0. The Morgan fingerprint density at radius 3 is 2.96 bits per heavy atom. The van der Waals surface area contributed by atoms with Gasteiger partial charge in [0.05, 0.1) is 18.7 Å². The molecule has 0 spiro atoms. The monoisotopic (exact) mass is 375 g/mol. The van der Waals surface area contributed by atoms with Crippen LogP contribution >= 0.6 is 11.3 Å². The average molecular weight is 375 g/mol. The minimum Gasteiger partial charge on any atom is -0.467 e. The zero-order valence-corrected chi connectivity index (χ0v) is 15.2. The Labute approximate surface area is 155 Å². The van der Waals surface area contributed by atoms with Gasteiger partial charge in [0.2, 0.25) is 22.1 Å². The van der Waals surface area contributed by atoms with E-state index in [9.17, 15) is 9.59 Å². The molecule has 1 unspecified atom stereocenters. The van der Waals surface area contributed by atoms with Gasteiger partial charge in [0, 0.05) is 26.1 Å². The Morgan fingerprint density at radius 2 is 2.19 bits per heavy atom. The number of hydrogen-bond acceptors (Lipinski definition) is 7. The van der Waals surface area contributed by atoms with Crippen molar-refractivity contribution in [3.05, 3.63) is 24.2 Å². The molecule has 0 bridgehead atoms. The lowest BCUT2D eigenvalue weighted by atomic mass is 9.97.